The molecule has 0 saturated carbocycles. The first kappa shape index (κ1) is 12.7. The number of anilines is 1. The molecule has 0 atom stereocenters. The summed E-state index contributed by atoms with van der Waals surface area (Å²) in [5.41, 5.74) is 0.612. The first-order chi connectivity index (χ1) is 9.56. The minimum atomic E-state index is -3.73. The van der Waals surface area contributed by atoms with Crippen LogP contribution in [0.3, 0.4) is 0 Å². The number of nitrogens with zero attached hydrogens (tertiary/aromatic N) is 1. The van der Waals surface area contributed by atoms with Gasteiger partial charge in [-0.15, -0.1) is 0 Å². The number of oxazole rings is 1. The first-order valence-corrected chi connectivity index (χ1v) is 7.47. The third kappa shape index (κ3) is 2.25. The van der Waals surface area contributed by atoms with Gasteiger partial charge in [0.15, 0.2) is 0 Å². The van der Waals surface area contributed by atoms with Crippen molar-refractivity contribution < 1.29 is 12.8 Å². The molecule has 0 unspecified atom stereocenters. The molecule has 1 heterocycles. The lowest BCUT2D eigenvalue weighted by Gasteiger charge is -2.07. The highest BCUT2D eigenvalue weighted by atomic mass is 32.2. The molecule has 0 spiro atoms. The van der Waals surface area contributed by atoms with Crippen molar-refractivity contribution in [3.8, 4) is 0 Å². The average Bonchev–Trinajstić information content (AvgIpc) is 2.82. The maximum absolute atomic E-state index is 12.4. The van der Waals surface area contributed by atoms with Crippen molar-refractivity contribution in [1.82, 2.24) is 4.98 Å². The molecule has 0 amide bonds. The Hall–Kier alpha value is -2.34. The Morgan fingerprint density at radius 3 is 2.60 bits per heavy atom. The molecule has 1 aromatic heterocycles. The third-order valence-electron chi connectivity index (χ3n) is 2.88. The topological polar surface area (TPSA) is 72.2 Å². The van der Waals surface area contributed by atoms with Gasteiger partial charge in [-0.25, -0.2) is 13.1 Å². The van der Waals surface area contributed by atoms with Crippen molar-refractivity contribution >= 4 is 26.8 Å². The Balaban J connectivity index is 2.09. The largest absolute Gasteiger partial charge is 0.431 e. The van der Waals surface area contributed by atoms with E-state index in [2.05, 4.69) is 9.71 Å². The number of hydrogen-bond donors (Lipinski definition) is 1. The maximum atomic E-state index is 12.4. The molecule has 0 bridgehead atoms. The third-order valence-corrected chi connectivity index (χ3v) is 4.26. The van der Waals surface area contributed by atoms with Crippen LogP contribution in [-0.2, 0) is 10.0 Å². The summed E-state index contributed by atoms with van der Waals surface area (Å²) in [5, 5.41) is 1.52. The number of nitrogens with one attached hydrogen (secondary N) is 1. The number of fused-ring (bicyclic) bond motifs is 1. The van der Waals surface area contributed by atoms with Crippen LogP contribution in [0.2, 0.25) is 0 Å². The molecule has 2 aromatic carbocycles. The van der Waals surface area contributed by atoms with E-state index >= 15 is 0 Å². The fourth-order valence-electron chi connectivity index (χ4n) is 2.00. The maximum Gasteiger partial charge on any atom is 0.309 e. The van der Waals surface area contributed by atoms with E-state index in [1.807, 2.05) is 18.2 Å². The number of sulfonamides is 1. The zero-order chi connectivity index (χ0) is 14.2. The van der Waals surface area contributed by atoms with Crippen LogP contribution in [-0.4, -0.2) is 13.4 Å². The van der Waals surface area contributed by atoms with Gasteiger partial charge in [0.2, 0.25) is 0 Å². The van der Waals surface area contributed by atoms with Gasteiger partial charge in [-0.05, 0) is 18.4 Å². The van der Waals surface area contributed by atoms with Gasteiger partial charge in [0, 0.05) is 5.39 Å². The van der Waals surface area contributed by atoms with E-state index in [0.717, 1.165) is 5.39 Å². The van der Waals surface area contributed by atoms with Gasteiger partial charge in [0.05, 0.1) is 10.6 Å². The molecular formula is C14H12N2O3S. The fraction of sp³-hybridized carbons (Fsp3) is 0.0714. The Morgan fingerprint density at radius 2 is 1.85 bits per heavy atom. The molecular weight excluding hydrogens is 276 g/mol. The van der Waals surface area contributed by atoms with Crippen LogP contribution in [0.4, 0.5) is 6.01 Å². The second-order valence-electron chi connectivity index (χ2n) is 4.38. The summed E-state index contributed by atoms with van der Waals surface area (Å²) >= 11 is 0. The van der Waals surface area contributed by atoms with E-state index in [9.17, 15) is 8.42 Å². The van der Waals surface area contributed by atoms with Gasteiger partial charge >= 0.3 is 6.01 Å². The molecule has 3 rings (SSSR count). The van der Waals surface area contributed by atoms with Crippen LogP contribution in [0.15, 0.2) is 58.0 Å². The molecule has 0 aliphatic carbocycles. The van der Waals surface area contributed by atoms with Gasteiger partial charge < -0.3 is 4.42 Å². The van der Waals surface area contributed by atoms with Crippen LogP contribution in [0.1, 0.15) is 5.69 Å². The Labute approximate surface area is 116 Å². The van der Waals surface area contributed by atoms with Crippen molar-refractivity contribution in [3.05, 3.63) is 54.4 Å². The van der Waals surface area contributed by atoms with Crippen LogP contribution in [0.25, 0.3) is 10.8 Å². The van der Waals surface area contributed by atoms with Crippen LogP contribution >= 0.6 is 0 Å². The van der Waals surface area contributed by atoms with E-state index in [4.69, 9.17) is 4.42 Å². The molecule has 0 aliphatic heterocycles. The highest BCUT2D eigenvalue weighted by molar-refractivity contribution is 7.93. The number of benzene rings is 2. The molecule has 5 nitrogen and oxygen atoms in total. The predicted molar refractivity (Wildman–Crippen MR) is 76.0 cm³/mol. The minimum Gasteiger partial charge on any atom is -0.431 e. The van der Waals surface area contributed by atoms with Crippen molar-refractivity contribution in [2.45, 2.75) is 11.8 Å². The van der Waals surface area contributed by atoms with E-state index in [0.29, 0.717) is 11.1 Å². The van der Waals surface area contributed by atoms with Crippen LogP contribution in [0.5, 0.6) is 0 Å². The lowest BCUT2D eigenvalue weighted by molar-refractivity contribution is 0.569. The van der Waals surface area contributed by atoms with Crippen molar-refractivity contribution in [1.29, 1.82) is 0 Å². The molecule has 3 aromatic rings. The van der Waals surface area contributed by atoms with Crippen molar-refractivity contribution in [2.75, 3.05) is 4.72 Å². The van der Waals surface area contributed by atoms with Gasteiger partial charge in [-0.1, -0.05) is 36.4 Å². The van der Waals surface area contributed by atoms with Crippen LogP contribution < -0.4 is 4.72 Å². The number of hydrogen-bond acceptors (Lipinski definition) is 4. The molecule has 20 heavy (non-hydrogen) atoms. The quantitative estimate of drug-likeness (QED) is 0.804. The fourth-order valence-corrected chi connectivity index (χ4v) is 3.17. The van der Waals surface area contributed by atoms with Gasteiger partial charge in [-0.2, -0.15) is 4.98 Å². The summed E-state index contributed by atoms with van der Waals surface area (Å²) in [6.45, 7) is 1.72. The second-order valence-corrected chi connectivity index (χ2v) is 6.03. The summed E-state index contributed by atoms with van der Waals surface area (Å²) in [6, 6.07) is 12.4. The number of aromatic nitrogens is 1. The summed E-state index contributed by atoms with van der Waals surface area (Å²) in [6.07, 6.45) is 1.39. The summed E-state index contributed by atoms with van der Waals surface area (Å²) < 4.78 is 32.2. The zero-order valence-electron chi connectivity index (χ0n) is 10.7. The van der Waals surface area contributed by atoms with Gasteiger partial charge in [-0.3, -0.25) is 0 Å². The molecule has 1 N–H and O–H groups in total. The number of aryl methyl sites for hydroxylation is 1. The summed E-state index contributed by atoms with van der Waals surface area (Å²) in [4.78, 5) is 4.14. The highest BCUT2D eigenvalue weighted by Crippen LogP contribution is 2.24. The normalized spacial score (nSPS) is 11.7. The molecule has 0 saturated heterocycles. The van der Waals surface area contributed by atoms with E-state index in [1.165, 1.54) is 6.26 Å². The molecule has 6 heteroatoms. The van der Waals surface area contributed by atoms with Crippen molar-refractivity contribution in [3.63, 3.8) is 0 Å². The average molecular weight is 288 g/mol. The lowest BCUT2D eigenvalue weighted by Crippen LogP contribution is -2.13. The van der Waals surface area contributed by atoms with E-state index < -0.39 is 10.0 Å². The van der Waals surface area contributed by atoms with E-state index in [1.54, 1.807) is 31.2 Å². The predicted octanol–water partition coefficient (Wildman–Crippen LogP) is 2.94. The van der Waals surface area contributed by atoms with E-state index in [-0.39, 0.29) is 10.9 Å². The number of rotatable bonds is 3. The molecule has 102 valence electrons. The Kier molecular flexibility index (Phi) is 2.94. The monoisotopic (exact) mass is 288 g/mol. The zero-order valence-corrected chi connectivity index (χ0v) is 11.5. The highest BCUT2D eigenvalue weighted by Gasteiger charge is 2.19. The Bertz CT molecular complexity index is 864. The lowest BCUT2D eigenvalue weighted by atomic mass is 10.1. The second kappa shape index (κ2) is 4.64. The van der Waals surface area contributed by atoms with Crippen molar-refractivity contribution in [2.24, 2.45) is 0 Å². The molecule has 0 aliphatic rings. The van der Waals surface area contributed by atoms with Crippen LogP contribution in [0, 0.1) is 6.92 Å². The summed E-state index contributed by atoms with van der Waals surface area (Å²) in [5.74, 6) is 0. The van der Waals surface area contributed by atoms with Gasteiger partial charge in [0.25, 0.3) is 10.0 Å². The SMILES string of the molecule is Cc1coc(NS(=O)(=O)c2cccc3ccccc23)n1. The molecule has 0 radical (unpaired) electrons. The molecule has 0 fully saturated rings. The van der Waals surface area contributed by atoms with Gasteiger partial charge in [0.1, 0.15) is 6.26 Å². The Morgan fingerprint density at radius 1 is 1.10 bits per heavy atom. The smallest absolute Gasteiger partial charge is 0.309 e. The first-order valence-electron chi connectivity index (χ1n) is 5.99. The summed E-state index contributed by atoms with van der Waals surface area (Å²) in [7, 11) is -3.73. The minimum absolute atomic E-state index is 0.0320. The standard InChI is InChI=1S/C14H12N2O3S/c1-10-9-19-14(15-10)16-20(17,18)13-8-4-6-11-5-2-3-7-12(11)13/h2-9H,1H3,(H,15,16).